The van der Waals surface area contributed by atoms with Crippen LogP contribution in [0.5, 0.6) is 11.5 Å². The molecule has 12 heteroatoms. The number of hydrogen-bond acceptors (Lipinski definition) is 6. The fourth-order valence-electron chi connectivity index (χ4n) is 3.44. The zero-order chi connectivity index (χ0) is 24.2. The number of amides is 1. The van der Waals surface area contributed by atoms with Crippen molar-refractivity contribution >= 4 is 27.3 Å². The number of carbonyl (C=O) groups is 1. The van der Waals surface area contributed by atoms with Crippen molar-refractivity contribution in [3.8, 4) is 11.5 Å². The molecule has 33 heavy (non-hydrogen) atoms. The molecule has 1 amide bonds. The van der Waals surface area contributed by atoms with Gasteiger partial charge in [-0.1, -0.05) is 13.0 Å². The normalized spacial score (nSPS) is 18.9. The highest BCUT2D eigenvalue weighted by Crippen LogP contribution is 2.31. The summed E-state index contributed by atoms with van der Waals surface area (Å²) in [6.07, 6.45) is -4.33. The highest BCUT2D eigenvalue weighted by Gasteiger charge is 2.31. The molecular formula is C21H23F3N2O6S. The molecule has 2 N–H and O–H groups in total. The molecule has 1 saturated heterocycles. The van der Waals surface area contributed by atoms with Crippen LogP contribution in [-0.4, -0.2) is 41.0 Å². The number of alkyl halides is 3. The van der Waals surface area contributed by atoms with Gasteiger partial charge in [0.2, 0.25) is 5.91 Å². The van der Waals surface area contributed by atoms with Crippen molar-refractivity contribution in [2.45, 2.75) is 24.6 Å². The van der Waals surface area contributed by atoms with Crippen molar-refractivity contribution in [2.24, 2.45) is 11.8 Å². The molecule has 2 aromatic rings. The van der Waals surface area contributed by atoms with E-state index in [0.717, 1.165) is 12.1 Å². The predicted molar refractivity (Wildman–Crippen MR) is 114 cm³/mol. The van der Waals surface area contributed by atoms with Crippen LogP contribution in [0.3, 0.4) is 0 Å². The third-order valence-electron chi connectivity index (χ3n) is 5.02. The van der Waals surface area contributed by atoms with Crippen molar-refractivity contribution in [2.75, 3.05) is 30.4 Å². The summed E-state index contributed by atoms with van der Waals surface area (Å²) < 4.78 is 79.5. The molecule has 0 saturated carbocycles. The summed E-state index contributed by atoms with van der Waals surface area (Å²) in [5.41, 5.74) is 0.208. The molecule has 180 valence electrons. The Hall–Kier alpha value is -2.99. The molecule has 3 rings (SSSR count). The lowest BCUT2D eigenvalue weighted by atomic mass is 9.89. The first-order chi connectivity index (χ1) is 15.5. The van der Waals surface area contributed by atoms with Gasteiger partial charge in [-0.3, -0.25) is 9.52 Å². The number of carbonyl (C=O) groups excluding carboxylic acids is 1. The molecule has 0 aromatic heterocycles. The zero-order valence-electron chi connectivity index (χ0n) is 17.8. The van der Waals surface area contributed by atoms with Gasteiger partial charge >= 0.3 is 6.36 Å². The van der Waals surface area contributed by atoms with Crippen molar-refractivity contribution in [3.05, 3.63) is 42.5 Å². The van der Waals surface area contributed by atoms with E-state index in [9.17, 15) is 26.4 Å². The molecule has 0 spiro atoms. The largest absolute Gasteiger partial charge is 0.573 e. The van der Waals surface area contributed by atoms with Gasteiger partial charge in [-0.25, -0.2) is 8.42 Å². The summed E-state index contributed by atoms with van der Waals surface area (Å²) in [6, 6.07) is 8.44. The molecule has 0 radical (unpaired) electrons. The molecule has 1 fully saturated rings. The Bertz CT molecular complexity index is 1110. The highest BCUT2D eigenvalue weighted by atomic mass is 32.2. The van der Waals surface area contributed by atoms with Gasteiger partial charge in [-0.05, 0) is 36.6 Å². The molecule has 8 nitrogen and oxygen atoms in total. The van der Waals surface area contributed by atoms with E-state index in [1.54, 1.807) is 0 Å². The first-order valence-corrected chi connectivity index (χ1v) is 11.4. The molecule has 0 aliphatic carbocycles. The maximum atomic E-state index is 12.8. The van der Waals surface area contributed by atoms with E-state index in [0.29, 0.717) is 25.3 Å². The van der Waals surface area contributed by atoms with Gasteiger partial charge in [-0.15, -0.1) is 13.2 Å². The van der Waals surface area contributed by atoms with Crippen molar-refractivity contribution < 1.29 is 40.6 Å². The lowest BCUT2D eigenvalue weighted by Gasteiger charge is -2.27. The summed E-state index contributed by atoms with van der Waals surface area (Å²) >= 11 is 0. The minimum Gasteiger partial charge on any atom is -0.495 e. The summed E-state index contributed by atoms with van der Waals surface area (Å²) in [5.74, 6) is -1.02. The fourth-order valence-corrected chi connectivity index (χ4v) is 4.64. The molecule has 0 bridgehead atoms. The summed E-state index contributed by atoms with van der Waals surface area (Å²) in [6.45, 7) is 2.89. The van der Waals surface area contributed by atoms with Crippen LogP contribution >= 0.6 is 0 Å². The van der Waals surface area contributed by atoms with E-state index >= 15 is 0 Å². The van der Waals surface area contributed by atoms with Crippen LogP contribution in [0, 0.1) is 11.8 Å². The minimum absolute atomic E-state index is 0.0431. The number of nitrogens with one attached hydrogen (secondary N) is 2. The Labute approximate surface area is 189 Å². The van der Waals surface area contributed by atoms with Gasteiger partial charge in [0.05, 0.1) is 12.8 Å². The van der Waals surface area contributed by atoms with Crippen LogP contribution in [-0.2, 0) is 19.6 Å². The fraction of sp³-hybridized carbons (Fsp3) is 0.381. The number of sulfonamides is 1. The number of rotatable bonds is 7. The first kappa shape index (κ1) is 24.6. The summed E-state index contributed by atoms with van der Waals surface area (Å²) in [7, 11) is -2.97. The Morgan fingerprint density at radius 1 is 1.15 bits per heavy atom. The lowest BCUT2D eigenvalue weighted by Crippen LogP contribution is -2.35. The topological polar surface area (TPSA) is 103 Å². The van der Waals surface area contributed by atoms with Crippen molar-refractivity contribution in [1.29, 1.82) is 0 Å². The zero-order valence-corrected chi connectivity index (χ0v) is 18.6. The second-order valence-electron chi connectivity index (χ2n) is 7.48. The van der Waals surface area contributed by atoms with Gasteiger partial charge < -0.3 is 19.5 Å². The monoisotopic (exact) mass is 488 g/mol. The molecular weight excluding hydrogens is 465 g/mol. The van der Waals surface area contributed by atoms with Crippen LogP contribution in [0.4, 0.5) is 24.5 Å². The van der Waals surface area contributed by atoms with E-state index in [4.69, 9.17) is 9.47 Å². The number of benzene rings is 2. The number of hydrogen-bond donors (Lipinski definition) is 2. The van der Waals surface area contributed by atoms with Gasteiger partial charge in [0, 0.05) is 37.0 Å². The van der Waals surface area contributed by atoms with Crippen LogP contribution in [0.2, 0.25) is 0 Å². The van der Waals surface area contributed by atoms with Crippen molar-refractivity contribution in [1.82, 2.24) is 0 Å². The Morgan fingerprint density at radius 3 is 2.58 bits per heavy atom. The number of halogens is 3. The van der Waals surface area contributed by atoms with Gasteiger partial charge in [0.25, 0.3) is 10.0 Å². The maximum absolute atomic E-state index is 12.8. The Kier molecular flexibility index (Phi) is 7.38. The molecule has 0 unspecified atom stereocenters. The molecule has 1 aliphatic rings. The van der Waals surface area contributed by atoms with E-state index in [-0.39, 0.29) is 34.1 Å². The van der Waals surface area contributed by atoms with Crippen molar-refractivity contribution in [3.63, 3.8) is 0 Å². The summed E-state index contributed by atoms with van der Waals surface area (Å²) in [5, 5.41) is 2.76. The molecule has 2 atom stereocenters. The van der Waals surface area contributed by atoms with Crippen LogP contribution in [0.25, 0.3) is 0 Å². The summed E-state index contributed by atoms with van der Waals surface area (Å²) in [4.78, 5) is 12.3. The third kappa shape index (κ3) is 6.51. The smallest absolute Gasteiger partial charge is 0.495 e. The number of anilines is 2. The lowest BCUT2D eigenvalue weighted by molar-refractivity contribution is -0.274. The Morgan fingerprint density at radius 2 is 1.91 bits per heavy atom. The van der Waals surface area contributed by atoms with E-state index in [1.165, 1.54) is 37.4 Å². The first-order valence-electron chi connectivity index (χ1n) is 9.94. The molecule has 1 aliphatic heterocycles. The van der Waals surface area contributed by atoms with E-state index in [2.05, 4.69) is 14.8 Å². The van der Waals surface area contributed by atoms with Crippen LogP contribution < -0.4 is 19.5 Å². The standard InChI is InChI=1S/C21H23F3N2O6S/c1-13-12-31-9-8-17(13)20(27)25-14-6-7-19(18(11-14)30-2)33(28,29)26-15-4-3-5-16(10-15)32-21(22,23)24/h3-7,10-11,13,17,26H,8-9,12H2,1-2H3,(H,25,27)/t13-,17-/m1/s1. The van der Waals surface area contributed by atoms with Crippen LogP contribution in [0.15, 0.2) is 47.4 Å². The molecule has 2 aromatic carbocycles. The SMILES string of the molecule is COc1cc(NC(=O)[C@@H]2CCOC[C@H]2C)ccc1S(=O)(=O)Nc1cccc(OC(F)(F)F)c1. The quantitative estimate of drug-likeness (QED) is 0.611. The number of ether oxygens (including phenoxy) is 3. The third-order valence-corrected chi connectivity index (χ3v) is 6.44. The maximum Gasteiger partial charge on any atom is 0.573 e. The number of methoxy groups -OCH3 is 1. The average Bonchev–Trinajstić information content (AvgIpc) is 2.72. The molecule has 1 heterocycles. The highest BCUT2D eigenvalue weighted by molar-refractivity contribution is 7.92. The van der Waals surface area contributed by atoms with Crippen LogP contribution in [0.1, 0.15) is 13.3 Å². The van der Waals surface area contributed by atoms with E-state index < -0.39 is 22.1 Å². The van der Waals surface area contributed by atoms with E-state index in [1.807, 2.05) is 6.92 Å². The average molecular weight is 488 g/mol. The van der Waals surface area contributed by atoms with Gasteiger partial charge in [-0.2, -0.15) is 0 Å². The second kappa shape index (κ2) is 9.87. The van der Waals surface area contributed by atoms with Gasteiger partial charge in [0.1, 0.15) is 16.4 Å². The van der Waals surface area contributed by atoms with Gasteiger partial charge in [0.15, 0.2) is 0 Å². The minimum atomic E-state index is -4.91. The second-order valence-corrected chi connectivity index (χ2v) is 9.13. The predicted octanol–water partition coefficient (Wildman–Crippen LogP) is 4.01. The Balaban J connectivity index is 1.78.